The second-order valence-electron chi connectivity index (χ2n) is 3.56. The van der Waals surface area contributed by atoms with Crippen LogP contribution in [0.3, 0.4) is 0 Å². The van der Waals surface area contributed by atoms with Crippen molar-refractivity contribution in [3.05, 3.63) is 49.0 Å². The number of halogens is 2. The van der Waals surface area contributed by atoms with Gasteiger partial charge in [0.25, 0.3) is 0 Å². The molecule has 96 valence electrons. The van der Waals surface area contributed by atoms with Gasteiger partial charge in [0.2, 0.25) is 5.78 Å². The number of carbonyl (C=O) groups is 1. The van der Waals surface area contributed by atoms with Gasteiger partial charge in [0.05, 0.1) is 10.4 Å². The largest absolute Gasteiger partial charge is 0.484 e. The fraction of sp³-hybridized carbons (Fsp3) is 0.0769. The molecule has 3 nitrogen and oxygen atoms in total. The van der Waals surface area contributed by atoms with Crippen LogP contribution in [0.5, 0.6) is 5.75 Å². The number of ketones is 1. The molecule has 0 radical (unpaired) electrons. The first-order valence-electron chi connectivity index (χ1n) is 5.20. The van der Waals surface area contributed by atoms with Gasteiger partial charge in [-0.25, -0.2) is 0 Å². The molecule has 0 unspecified atom stereocenters. The SMILES string of the molecule is N#Cc1cc(Br)ccc1OCC(=O)c1sccc1Br. The number of benzene rings is 1. The summed E-state index contributed by atoms with van der Waals surface area (Å²) in [6.07, 6.45) is 0. The lowest BCUT2D eigenvalue weighted by Gasteiger charge is -2.07. The molecule has 0 fully saturated rings. The number of nitriles is 1. The molecule has 0 saturated carbocycles. The molecule has 0 aliphatic rings. The zero-order chi connectivity index (χ0) is 13.8. The van der Waals surface area contributed by atoms with Crippen LogP contribution in [-0.4, -0.2) is 12.4 Å². The number of nitrogens with zero attached hydrogens (tertiary/aromatic N) is 1. The van der Waals surface area contributed by atoms with E-state index in [2.05, 4.69) is 31.9 Å². The predicted octanol–water partition coefficient (Wildman–Crippen LogP) is 4.41. The summed E-state index contributed by atoms with van der Waals surface area (Å²) in [5, 5.41) is 10.8. The number of Topliss-reactive ketones (excluding diaryl/α,β-unsaturated/α-hetero) is 1. The first-order valence-corrected chi connectivity index (χ1v) is 7.67. The maximum Gasteiger partial charge on any atom is 0.211 e. The first kappa shape index (κ1) is 14.3. The average molecular weight is 401 g/mol. The number of hydrogen-bond donors (Lipinski definition) is 0. The molecule has 1 aromatic carbocycles. The van der Waals surface area contributed by atoms with E-state index in [4.69, 9.17) is 10.00 Å². The van der Waals surface area contributed by atoms with Gasteiger partial charge in [-0.05, 0) is 45.6 Å². The summed E-state index contributed by atoms with van der Waals surface area (Å²) in [5.74, 6) is 0.292. The molecule has 1 aromatic heterocycles. The summed E-state index contributed by atoms with van der Waals surface area (Å²) in [5.41, 5.74) is 0.396. The van der Waals surface area contributed by atoms with Crippen LogP contribution in [-0.2, 0) is 0 Å². The van der Waals surface area contributed by atoms with Gasteiger partial charge in [-0.2, -0.15) is 5.26 Å². The van der Waals surface area contributed by atoms with Crippen LogP contribution in [0.1, 0.15) is 15.2 Å². The molecule has 2 aromatic rings. The van der Waals surface area contributed by atoms with Gasteiger partial charge >= 0.3 is 0 Å². The van der Waals surface area contributed by atoms with Gasteiger partial charge in [0.15, 0.2) is 6.61 Å². The van der Waals surface area contributed by atoms with Gasteiger partial charge in [-0.1, -0.05) is 15.9 Å². The highest BCUT2D eigenvalue weighted by molar-refractivity contribution is 9.10. The van der Waals surface area contributed by atoms with Crippen LogP contribution in [0.25, 0.3) is 0 Å². The number of thiophene rings is 1. The van der Waals surface area contributed by atoms with Crippen molar-refractivity contribution in [1.29, 1.82) is 5.26 Å². The molecule has 0 aliphatic heterocycles. The third kappa shape index (κ3) is 3.44. The Morgan fingerprint density at radius 3 is 2.79 bits per heavy atom. The van der Waals surface area contributed by atoms with Gasteiger partial charge in [-0.3, -0.25) is 4.79 Å². The zero-order valence-corrected chi connectivity index (χ0v) is 13.5. The number of carbonyl (C=O) groups excluding carboxylic acids is 1. The van der Waals surface area contributed by atoms with Crippen molar-refractivity contribution in [2.75, 3.05) is 6.61 Å². The maximum atomic E-state index is 11.9. The molecule has 6 heteroatoms. The Morgan fingerprint density at radius 2 is 2.16 bits per heavy atom. The average Bonchev–Trinajstić information content (AvgIpc) is 2.83. The fourth-order valence-electron chi connectivity index (χ4n) is 1.42. The van der Waals surface area contributed by atoms with Gasteiger partial charge in [0.1, 0.15) is 11.8 Å². The minimum Gasteiger partial charge on any atom is -0.484 e. The summed E-state index contributed by atoms with van der Waals surface area (Å²) >= 11 is 7.94. The molecule has 0 spiro atoms. The number of rotatable bonds is 4. The monoisotopic (exact) mass is 399 g/mol. The van der Waals surface area contributed by atoms with Gasteiger partial charge < -0.3 is 4.74 Å². The van der Waals surface area contributed by atoms with Crippen LogP contribution in [0, 0.1) is 11.3 Å². The first-order chi connectivity index (χ1) is 9.11. The van der Waals surface area contributed by atoms with Crippen LogP contribution in [0.4, 0.5) is 0 Å². The molecule has 19 heavy (non-hydrogen) atoms. The highest BCUT2D eigenvalue weighted by Crippen LogP contribution is 2.25. The second kappa shape index (κ2) is 6.33. The van der Waals surface area contributed by atoms with E-state index in [0.29, 0.717) is 16.2 Å². The smallest absolute Gasteiger partial charge is 0.211 e. The van der Waals surface area contributed by atoms with Crippen molar-refractivity contribution < 1.29 is 9.53 Å². The quantitative estimate of drug-likeness (QED) is 0.714. The maximum absolute atomic E-state index is 11.9. The summed E-state index contributed by atoms with van der Waals surface area (Å²) in [4.78, 5) is 12.6. The van der Waals surface area contributed by atoms with Crippen molar-refractivity contribution in [3.63, 3.8) is 0 Å². The lowest BCUT2D eigenvalue weighted by molar-refractivity contribution is 0.0925. The van der Waals surface area contributed by atoms with Crippen molar-refractivity contribution in [2.45, 2.75) is 0 Å². The third-order valence-electron chi connectivity index (χ3n) is 2.29. The Bertz CT molecular complexity index is 661. The van der Waals surface area contributed by atoms with Crippen molar-refractivity contribution in [1.82, 2.24) is 0 Å². The molecule has 0 saturated heterocycles. The van der Waals surface area contributed by atoms with E-state index in [1.165, 1.54) is 11.3 Å². The molecule has 0 N–H and O–H groups in total. The Balaban J connectivity index is 2.10. The predicted molar refractivity (Wildman–Crippen MR) is 80.7 cm³/mol. The molecular formula is C13H7Br2NO2S. The standard InChI is InChI=1S/C13H7Br2NO2S/c14-9-1-2-12(8(5-9)6-16)18-7-11(17)13-10(15)3-4-19-13/h1-5H,7H2. The lowest BCUT2D eigenvalue weighted by Crippen LogP contribution is -2.11. The molecule has 1 heterocycles. The molecular weight excluding hydrogens is 394 g/mol. The van der Waals surface area contributed by atoms with Crippen LogP contribution >= 0.6 is 43.2 Å². The Labute approximate surface area is 131 Å². The minimum atomic E-state index is -0.117. The highest BCUT2D eigenvalue weighted by atomic mass is 79.9. The van der Waals surface area contributed by atoms with Crippen LogP contribution in [0.15, 0.2) is 38.6 Å². The van der Waals surface area contributed by atoms with E-state index < -0.39 is 0 Å². The van der Waals surface area contributed by atoms with Gasteiger partial charge in [-0.15, -0.1) is 11.3 Å². The topological polar surface area (TPSA) is 50.1 Å². The molecule has 2 rings (SSSR count). The second-order valence-corrected chi connectivity index (χ2v) is 6.25. The normalized spacial score (nSPS) is 9.95. The van der Waals surface area contributed by atoms with Crippen molar-refractivity contribution in [2.24, 2.45) is 0 Å². The van der Waals surface area contributed by atoms with Crippen molar-refractivity contribution in [3.8, 4) is 11.8 Å². The Hall–Kier alpha value is -1.16. The summed E-state index contributed by atoms with van der Waals surface area (Å²) in [6, 6.07) is 8.94. The highest BCUT2D eigenvalue weighted by Gasteiger charge is 2.13. The number of ether oxygens (including phenoxy) is 1. The summed E-state index contributed by atoms with van der Waals surface area (Å²) in [6.45, 7) is -0.0879. The third-order valence-corrected chi connectivity index (χ3v) is 4.66. The Kier molecular flexibility index (Phi) is 4.75. The van der Waals surface area contributed by atoms with Crippen molar-refractivity contribution >= 4 is 49.0 Å². The molecule has 0 bridgehead atoms. The summed E-state index contributed by atoms with van der Waals surface area (Å²) in [7, 11) is 0. The van der Waals surface area contributed by atoms with E-state index in [1.54, 1.807) is 18.2 Å². The fourth-order valence-corrected chi connectivity index (χ4v) is 3.30. The van der Waals surface area contributed by atoms with Gasteiger partial charge in [0, 0.05) is 8.95 Å². The van der Waals surface area contributed by atoms with E-state index in [1.807, 2.05) is 17.5 Å². The van der Waals surface area contributed by atoms with E-state index in [9.17, 15) is 4.79 Å². The van der Waals surface area contributed by atoms with E-state index in [0.717, 1.165) is 8.95 Å². The minimum absolute atomic E-state index is 0.0879. The molecule has 0 aliphatic carbocycles. The molecule has 0 atom stereocenters. The molecule has 0 amide bonds. The number of hydrogen-bond acceptors (Lipinski definition) is 4. The summed E-state index contributed by atoms with van der Waals surface area (Å²) < 4.78 is 6.98. The van der Waals surface area contributed by atoms with E-state index in [-0.39, 0.29) is 12.4 Å². The van der Waals surface area contributed by atoms with Crippen LogP contribution < -0.4 is 4.74 Å². The van der Waals surface area contributed by atoms with Crippen LogP contribution in [0.2, 0.25) is 0 Å². The Morgan fingerprint density at radius 1 is 1.37 bits per heavy atom. The lowest BCUT2D eigenvalue weighted by atomic mass is 10.2. The van der Waals surface area contributed by atoms with E-state index >= 15 is 0 Å². The zero-order valence-electron chi connectivity index (χ0n) is 9.52.